The predicted molar refractivity (Wildman–Crippen MR) is 72.5 cm³/mol. The standard InChI is InChI=1S/C14H10ClN3/c1-9-17-13(7-14(15)18-9)12-4-2-3-10-8-16-6-5-11(10)12/h2-8H,1H3. The zero-order chi connectivity index (χ0) is 12.5. The molecule has 0 saturated heterocycles. The van der Waals surface area contributed by atoms with Crippen molar-refractivity contribution >= 4 is 22.4 Å². The van der Waals surface area contributed by atoms with Gasteiger partial charge in [-0.25, -0.2) is 9.97 Å². The second-order valence-electron chi connectivity index (χ2n) is 4.03. The Balaban J connectivity index is 2.31. The number of nitrogens with zero attached hydrogens (tertiary/aromatic N) is 3. The van der Waals surface area contributed by atoms with Crippen LogP contribution >= 0.6 is 11.6 Å². The molecule has 0 radical (unpaired) electrons. The van der Waals surface area contributed by atoms with Crippen LogP contribution in [0.2, 0.25) is 5.15 Å². The summed E-state index contributed by atoms with van der Waals surface area (Å²) >= 11 is 5.99. The van der Waals surface area contributed by atoms with E-state index < -0.39 is 0 Å². The minimum Gasteiger partial charge on any atom is -0.264 e. The molecule has 0 unspecified atom stereocenters. The third-order valence-electron chi connectivity index (χ3n) is 2.76. The predicted octanol–water partition coefficient (Wildman–Crippen LogP) is 3.65. The number of fused-ring (bicyclic) bond motifs is 1. The van der Waals surface area contributed by atoms with Crippen LogP contribution in [0, 0.1) is 6.92 Å². The highest BCUT2D eigenvalue weighted by atomic mass is 35.5. The quantitative estimate of drug-likeness (QED) is 0.623. The average Bonchev–Trinajstić information content (AvgIpc) is 2.37. The Morgan fingerprint density at radius 3 is 2.83 bits per heavy atom. The minimum absolute atomic E-state index is 0.462. The maximum atomic E-state index is 5.99. The van der Waals surface area contributed by atoms with Crippen LogP contribution in [0.4, 0.5) is 0 Å². The first kappa shape index (κ1) is 11.1. The molecule has 0 saturated carbocycles. The molecule has 3 rings (SSSR count). The van der Waals surface area contributed by atoms with E-state index in [-0.39, 0.29) is 0 Å². The third-order valence-corrected chi connectivity index (χ3v) is 2.96. The van der Waals surface area contributed by atoms with E-state index in [4.69, 9.17) is 11.6 Å². The zero-order valence-corrected chi connectivity index (χ0v) is 10.5. The summed E-state index contributed by atoms with van der Waals surface area (Å²) in [5, 5.41) is 2.66. The molecule has 88 valence electrons. The van der Waals surface area contributed by atoms with Crippen LogP contribution in [0.25, 0.3) is 22.0 Å². The van der Waals surface area contributed by atoms with Gasteiger partial charge in [-0.1, -0.05) is 29.8 Å². The van der Waals surface area contributed by atoms with E-state index >= 15 is 0 Å². The van der Waals surface area contributed by atoms with E-state index in [1.807, 2.05) is 37.4 Å². The molecule has 2 heterocycles. The van der Waals surface area contributed by atoms with Crippen LogP contribution in [0.3, 0.4) is 0 Å². The van der Waals surface area contributed by atoms with Crippen molar-refractivity contribution in [3.8, 4) is 11.3 Å². The van der Waals surface area contributed by atoms with Gasteiger partial charge in [-0.2, -0.15) is 0 Å². The lowest BCUT2D eigenvalue weighted by Crippen LogP contribution is -1.92. The highest BCUT2D eigenvalue weighted by Crippen LogP contribution is 2.27. The molecule has 0 N–H and O–H groups in total. The molecular weight excluding hydrogens is 246 g/mol. The number of benzene rings is 1. The minimum atomic E-state index is 0.462. The van der Waals surface area contributed by atoms with Gasteiger partial charge in [0.2, 0.25) is 0 Å². The maximum Gasteiger partial charge on any atom is 0.133 e. The third kappa shape index (κ3) is 1.93. The second kappa shape index (κ2) is 4.35. The lowest BCUT2D eigenvalue weighted by molar-refractivity contribution is 1.06. The molecule has 0 fully saturated rings. The van der Waals surface area contributed by atoms with Gasteiger partial charge in [-0.05, 0) is 18.4 Å². The molecule has 0 aliphatic heterocycles. The fraction of sp³-hybridized carbons (Fsp3) is 0.0714. The Labute approximate surface area is 109 Å². The lowest BCUT2D eigenvalue weighted by Gasteiger charge is -2.06. The first-order valence-electron chi connectivity index (χ1n) is 5.58. The Morgan fingerprint density at radius 2 is 2.00 bits per heavy atom. The molecule has 0 atom stereocenters. The molecule has 18 heavy (non-hydrogen) atoms. The van der Waals surface area contributed by atoms with Gasteiger partial charge < -0.3 is 0 Å². The van der Waals surface area contributed by atoms with Crippen molar-refractivity contribution < 1.29 is 0 Å². The van der Waals surface area contributed by atoms with Gasteiger partial charge in [0.05, 0.1) is 5.69 Å². The number of aromatic nitrogens is 3. The van der Waals surface area contributed by atoms with E-state index in [1.54, 1.807) is 12.3 Å². The Kier molecular flexibility index (Phi) is 2.68. The van der Waals surface area contributed by atoms with Crippen LogP contribution < -0.4 is 0 Å². The number of aryl methyl sites for hydroxylation is 1. The topological polar surface area (TPSA) is 38.7 Å². The summed E-state index contributed by atoms with van der Waals surface area (Å²) in [6.45, 7) is 1.84. The van der Waals surface area contributed by atoms with E-state index in [9.17, 15) is 0 Å². The Hall–Kier alpha value is -2.00. The summed E-state index contributed by atoms with van der Waals surface area (Å²) in [6, 6.07) is 9.81. The van der Waals surface area contributed by atoms with Gasteiger partial charge >= 0.3 is 0 Å². The maximum absolute atomic E-state index is 5.99. The van der Waals surface area contributed by atoms with Crippen LogP contribution in [-0.2, 0) is 0 Å². The summed E-state index contributed by atoms with van der Waals surface area (Å²) in [6.07, 6.45) is 3.62. The van der Waals surface area contributed by atoms with Crippen molar-refractivity contribution in [2.75, 3.05) is 0 Å². The monoisotopic (exact) mass is 255 g/mol. The molecular formula is C14H10ClN3. The van der Waals surface area contributed by atoms with Crippen LogP contribution in [0.1, 0.15) is 5.82 Å². The average molecular weight is 256 g/mol. The zero-order valence-electron chi connectivity index (χ0n) is 9.76. The summed E-state index contributed by atoms with van der Waals surface area (Å²) < 4.78 is 0. The highest BCUT2D eigenvalue weighted by molar-refractivity contribution is 6.29. The molecule has 0 amide bonds. The van der Waals surface area contributed by atoms with Gasteiger partial charge in [0, 0.05) is 29.4 Å². The van der Waals surface area contributed by atoms with Crippen LogP contribution in [0.5, 0.6) is 0 Å². The smallest absolute Gasteiger partial charge is 0.133 e. The normalized spacial score (nSPS) is 10.8. The SMILES string of the molecule is Cc1nc(Cl)cc(-c2cccc3cnccc23)n1. The number of hydrogen-bond donors (Lipinski definition) is 0. The molecule has 2 aromatic heterocycles. The van der Waals surface area contributed by atoms with Crippen LogP contribution in [-0.4, -0.2) is 15.0 Å². The fourth-order valence-corrected chi connectivity index (χ4v) is 2.24. The molecule has 1 aromatic carbocycles. The van der Waals surface area contributed by atoms with Gasteiger partial charge in [0.25, 0.3) is 0 Å². The van der Waals surface area contributed by atoms with Crippen LogP contribution in [0.15, 0.2) is 42.7 Å². The molecule has 0 spiro atoms. The molecule has 3 aromatic rings. The lowest BCUT2D eigenvalue weighted by atomic mass is 10.0. The van der Waals surface area contributed by atoms with Gasteiger partial charge in [-0.3, -0.25) is 4.98 Å². The number of pyridine rings is 1. The summed E-state index contributed by atoms with van der Waals surface area (Å²) in [5.74, 6) is 0.670. The second-order valence-corrected chi connectivity index (χ2v) is 4.41. The van der Waals surface area contributed by atoms with Crippen molar-refractivity contribution in [3.05, 3.63) is 53.7 Å². The van der Waals surface area contributed by atoms with E-state index in [1.165, 1.54) is 0 Å². The molecule has 4 heteroatoms. The number of rotatable bonds is 1. The van der Waals surface area contributed by atoms with Crippen molar-refractivity contribution in [2.24, 2.45) is 0 Å². The van der Waals surface area contributed by atoms with Gasteiger partial charge in [0.1, 0.15) is 11.0 Å². The molecule has 3 nitrogen and oxygen atoms in total. The molecule has 0 bridgehead atoms. The van der Waals surface area contributed by atoms with Crippen molar-refractivity contribution in [1.82, 2.24) is 15.0 Å². The Morgan fingerprint density at radius 1 is 1.11 bits per heavy atom. The molecule has 0 aliphatic rings. The number of halogens is 1. The summed E-state index contributed by atoms with van der Waals surface area (Å²) in [7, 11) is 0. The van der Waals surface area contributed by atoms with Crippen molar-refractivity contribution in [1.29, 1.82) is 0 Å². The van der Waals surface area contributed by atoms with E-state index in [2.05, 4.69) is 15.0 Å². The fourth-order valence-electron chi connectivity index (χ4n) is 2.02. The largest absolute Gasteiger partial charge is 0.264 e. The first-order valence-corrected chi connectivity index (χ1v) is 5.96. The highest BCUT2D eigenvalue weighted by Gasteiger charge is 2.07. The molecule has 0 aliphatic carbocycles. The number of hydrogen-bond acceptors (Lipinski definition) is 3. The van der Waals surface area contributed by atoms with Crippen molar-refractivity contribution in [2.45, 2.75) is 6.92 Å². The van der Waals surface area contributed by atoms with E-state index in [0.29, 0.717) is 11.0 Å². The Bertz CT molecular complexity index is 700. The summed E-state index contributed by atoms with van der Waals surface area (Å²) in [5.41, 5.74) is 1.88. The first-order chi connectivity index (χ1) is 8.74. The van der Waals surface area contributed by atoms with E-state index in [0.717, 1.165) is 22.0 Å². The van der Waals surface area contributed by atoms with Crippen molar-refractivity contribution in [3.63, 3.8) is 0 Å². The van der Waals surface area contributed by atoms with Gasteiger partial charge in [-0.15, -0.1) is 0 Å². The van der Waals surface area contributed by atoms with Gasteiger partial charge in [0.15, 0.2) is 0 Å². The summed E-state index contributed by atoms with van der Waals surface area (Å²) in [4.78, 5) is 12.6.